The molecule has 1 rings (SSSR count). The highest BCUT2D eigenvalue weighted by Crippen LogP contribution is 2.28. The lowest BCUT2D eigenvalue weighted by Crippen LogP contribution is -1.81. The van der Waals surface area contributed by atoms with Crippen LogP contribution in [-0.4, -0.2) is 17.6 Å². The lowest BCUT2D eigenvalue weighted by Gasteiger charge is -1.82. The van der Waals surface area contributed by atoms with Crippen molar-refractivity contribution < 1.29 is 9.59 Å². The molecule has 0 saturated carbocycles. The lowest BCUT2D eigenvalue weighted by molar-refractivity contribution is 0.111. The van der Waals surface area contributed by atoms with E-state index in [4.69, 9.17) is 0 Å². The van der Waals surface area contributed by atoms with E-state index in [0.717, 1.165) is 0 Å². The van der Waals surface area contributed by atoms with Crippen molar-refractivity contribution in [1.82, 2.24) is 4.98 Å². The third-order valence-electron chi connectivity index (χ3n) is 1.17. The number of rotatable bonds is 2. The fourth-order valence-corrected chi connectivity index (χ4v) is 1.47. The van der Waals surface area contributed by atoms with Gasteiger partial charge in [-0.25, -0.2) is 0 Å². The first kappa shape index (κ1) is 8.67. The minimum absolute atomic E-state index is 0.360. The van der Waals surface area contributed by atoms with Gasteiger partial charge in [0.05, 0.1) is 20.3 Å². The second-order valence-electron chi connectivity index (χ2n) is 1.82. The first-order valence-electron chi connectivity index (χ1n) is 2.68. The summed E-state index contributed by atoms with van der Waals surface area (Å²) in [6.07, 6.45) is 1.28. The molecule has 0 bridgehead atoms. The van der Waals surface area contributed by atoms with Crippen LogP contribution in [0.1, 0.15) is 21.0 Å². The van der Waals surface area contributed by atoms with E-state index in [2.05, 4.69) is 36.8 Å². The molecule has 0 atom stereocenters. The molecule has 3 nitrogen and oxygen atoms in total. The topological polar surface area (TPSA) is 49.9 Å². The van der Waals surface area contributed by atoms with Crippen LogP contribution < -0.4 is 0 Å². The number of aromatic nitrogens is 1. The largest absolute Gasteiger partial charge is 0.348 e. The highest BCUT2D eigenvalue weighted by atomic mass is 79.9. The van der Waals surface area contributed by atoms with Gasteiger partial charge in [-0.2, -0.15) is 0 Å². The first-order valence-corrected chi connectivity index (χ1v) is 4.26. The van der Waals surface area contributed by atoms with Crippen molar-refractivity contribution in [3.05, 3.63) is 20.3 Å². The molecule has 0 fully saturated rings. The lowest BCUT2D eigenvalue weighted by atomic mass is 10.4. The van der Waals surface area contributed by atoms with E-state index >= 15 is 0 Å². The van der Waals surface area contributed by atoms with Crippen LogP contribution in [0.15, 0.2) is 8.95 Å². The molecule has 1 aromatic rings. The van der Waals surface area contributed by atoms with Crippen LogP contribution >= 0.6 is 31.9 Å². The van der Waals surface area contributed by atoms with E-state index in [1.807, 2.05) is 0 Å². The van der Waals surface area contributed by atoms with E-state index in [-0.39, 0.29) is 0 Å². The van der Waals surface area contributed by atoms with Crippen molar-refractivity contribution in [3.63, 3.8) is 0 Å². The molecule has 58 valence electrons. The summed E-state index contributed by atoms with van der Waals surface area (Å²) in [4.78, 5) is 23.2. The number of aldehydes is 2. The molecular formula is C6H3Br2NO2. The van der Waals surface area contributed by atoms with Crippen LogP contribution in [0, 0.1) is 0 Å². The zero-order chi connectivity index (χ0) is 8.43. The van der Waals surface area contributed by atoms with Crippen molar-refractivity contribution in [1.29, 1.82) is 0 Å². The molecule has 0 radical (unpaired) electrons. The Labute approximate surface area is 79.4 Å². The smallest absolute Gasteiger partial charge is 0.167 e. The highest BCUT2D eigenvalue weighted by molar-refractivity contribution is 9.13. The Kier molecular flexibility index (Phi) is 2.62. The minimum atomic E-state index is 0.360. The number of carbonyl (C=O) groups is 2. The van der Waals surface area contributed by atoms with Gasteiger partial charge in [-0.05, 0) is 31.9 Å². The second-order valence-corrected chi connectivity index (χ2v) is 3.40. The van der Waals surface area contributed by atoms with Crippen molar-refractivity contribution in [2.75, 3.05) is 0 Å². The summed E-state index contributed by atoms with van der Waals surface area (Å²) in [6, 6.07) is 0. The standard InChI is InChI=1S/C6H3Br2NO2/c7-5-3(1-10)9-4(2-11)6(5)8/h1-2,9H. The summed E-state index contributed by atoms with van der Waals surface area (Å²) in [7, 11) is 0. The summed E-state index contributed by atoms with van der Waals surface area (Å²) < 4.78 is 1.16. The van der Waals surface area contributed by atoms with Gasteiger partial charge in [0.2, 0.25) is 0 Å². The zero-order valence-electron chi connectivity index (χ0n) is 5.23. The van der Waals surface area contributed by atoms with E-state index < -0.39 is 0 Å². The SMILES string of the molecule is O=Cc1[nH]c(C=O)c(Br)c1Br. The van der Waals surface area contributed by atoms with Gasteiger partial charge in [-0.15, -0.1) is 0 Å². The van der Waals surface area contributed by atoms with Crippen LogP contribution in [-0.2, 0) is 0 Å². The maximum Gasteiger partial charge on any atom is 0.167 e. The molecule has 0 spiro atoms. The van der Waals surface area contributed by atoms with Crippen molar-refractivity contribution in [3.8, 4) is 0 Å². The molecule has 0 aliphatic carbocycles. The maximum atomic E-state index is 10.3. The van der Waals surface area contributed by atoms with Gasteiger partial charge in [0.15, 0.2) is 12.6 Å². The summed E-state index contributed by atoms with van der Waals surface area (Å²) in [5, 5.41) is 0. The van der Waals surface area contributed by atoms with Gasteiger partial charge in [0.1, 0.15) is 0 Å². The van der Waals surface area contributed by atoms with Crippen molar-refractivity contribution in [2.24, 2.45) is 0 Å². The normalized spacial score (nSPS) is 9.64. The Morgan fingerprint density at radius 2 is 1.36 bits per heavy atom. The number of H-pyrrole nitrogens is 1. The fourth-order valence-electron chi connectivity index (χ4n) is 0.654. The monoisotopic (exact) mass is 279 g/mol. The van der Waals surface area contributed by atoms with Crippen LogP contribution in [0.2, 0.25) is 0 Å². The predicted molar refractivity (Wildman–Crippen MR) is 47.0 cm³/mol. The Morgan fingerprint density at radius 3 is 1.55 bits per heavy atom. The Morgan fingerprint density at radius 1 is 1.00 bits per heavy atom. The third kappa shape index (κ3) is 1.44. The molecular weight excluding hydrogens is 278 g/mol. The van der Waals surface area contributed by atoms with E-state index in [1.165, 1.54) is 0 Å². The van der Waals surface area contributed by atoms with Gasteiger partial charge in [-0.3, -0.25) is 9.59 Å². The van der Waals surface area contributed by atoms with E-state index in [0.29, 0.717) is 32.9 Å². The number of hydrogen-bond donors (Lipinski definition) is 1. The van der Waals surface area contributed by atoms with E-state index in [9.17, 15) is 9.59 Å². The number of aromatic amines is 1. The summed E-state index contributed by atoms with van der Waals surface area (Å²) in [6.45, 7) is 0. The van der Waals surface area contributed by atoms with Gasteiger partial charge in [-0.1, -0.05) is 0 Å². The fraction of sp³-hybridized carbons (Fsp3) is 0. The van der Waals surface area contributed by atoms with Gasteiger partial charge in [0.25, 0.3) is 0 Å². The predicted octanol–water partition coefficient (Wildman–Crippen LogP) is 2.16. The molecule has 0 amide bonds. The molecule has 0 aliphatic rings. The quantitative estimate of drug-likeness (QED) is 0.844. The average Bonchev–Trinajstić information content (AvgIpc) is 2.30. The molecule has 1 aromatic heterocycles. The van der Waals surface area contributed by atoms with Crippen LogP contribution in [0.25, 0.3) is 0 Å². The summed E-state index contributed by atoms with van der Waals surface area (Å²) in [5.74, 6) is 0. The number of halogens is 2. The summed E-state index contributed by atoms with van der Waals surface area (Å²) >= 11 is 6.27. The van der Waals surface area contributed by atoms with E-state index in [1.54, 1.807) is 0 Å². The second kappa shape index (κ2) is 3.32. The molecule has 0 unspecified atom stereocenters. The summed E-state index contributed by atoms with van der Waals surface area (Å²) in [5.41, 5.74) is 0.720. The number of hydrogen-bond acceptors (Lipinski definition) is 2. The maximum absolute atomic E-state index is 10.3. The molecule has 0 saturated heterocycles. The van der Waals surface area contributed by atoms with Crippen molar-refractivity contribution >= 4 is 44.4 Å². The Hall–Kier alpha value is -0.420. The molecule has 5 heteroatoms. The van der Waals surface area contributed by atoms with Crippen LogP contribution in [0.5, 0.6) is 0 Å². The zero-order valence-corrected chi connectivity index (χ0v) is 8.40. The van der Waals surface area contributed by atoms with Gasteiger partial charge < -0.3 is 4.98 Å². The Balaban J connectivity index is 3.33. The van der Waals surface area contributed by atoms with Crippen molar-refractivity contribution in [2.45, 2.75) is 0 Å². The van der Waals surface area contributed by atoms with Gasteiger partial charge >= 0.3 is 0 Å². The number of nitrogens with one attached hydrogen (secondary N) is 1. The van der Waals surface area contributed by atoms with Crippen LogP contribution in [0.4, 0.5) is 0 Å². The van der Waals surface area contributed by atoms with Gasteiger partial charge in [0, 0.05) is 0 Å². The molecule has 1 heterocycles. The third-order valence-corrected chi connectivity index (χ3v) is 3.35. The molecule has 1 N–H and O–H groups in total. The average molecular weight is 281 g/mol. The van der Waals surface area contributed by atoms with Crippen LogP contribution in [0.3, 0.4) is 0 Å². The minimum Gasteiger partial charge on any atom is -0.348 e. The molecule has 0 aromatic carbocycles. The molecule has 11 heavy (non-hydrogen) atoms. The first-order chi connectivity index (χ1) is 5.20. The Bertz CT molecular complexity index is 277. The number of carbonyl (C=O) groups excluding carboxylic acids is 2. The molecule has 0 aliphatic heterocycles. The highest BCUT2D eigenvalue weighted by Gasteiger charge is 2.11.